The first-order valence-electron chi connectivity index (χ1n) is 18.4. The highest BCUT2D eigenvalue weighted by Gasteiger charge is 2.21. The van der Waals surface area contributed by atoms with Gasteiger partial charge in [0.1, 0.15) is 11.2 Å². The molecule has 11 aromatic rings. The predicted octanol–water partition coefficient (Wildman–Crippen LogP) is 12.9. The summed E-state index contributed by atoms with van der Waals surface area (Å²) in [5, 5.41) is 4.26. The Labute approximate surface area is 325 Å². The van der Waals surface area contributed by atoms with Gasteiger partial charge in [0.05, 0.1) is 11.4 Å². The molecule has 56 heavy (non-hydrogen) atoms. The smallest absolute Gasteiger partial charge is 0.165 e. The lowest BCUT2D eigenvalue weighted by molar-refractivity contribution is 0.669. The normalized spacial score (nSPS) is 11.6. The lowest BCUT2D eigenvalue weighted by Gasteiger charge is -2.11. The van der Waals surface area contributed by atoms with Crippen molar-refractivity contribution in [3.8, 4) is 68.1 Å². The van der Waals surface area contributed by atoms with Crippen LogP contribution in [0.4, 0.5) is 0 Å². The fourth-order valence-corrected chi connectivity index (χ4v) is 8.83. The van der Waals surface area contributed by atoms with Gasteiger partial charge in [0.25, 0.3) is 0 Å². The molecule has 0 saturated heterocycles. The SMILES string of the molecule is c1ccc(-c2cc(-c3cccc4sc5c(-c6nc(-c7ccccc7)nc(-c7cccc8oc9ccccc9c78)n6)cccc5c34)nc(-c3ccccc3)n2)cc1. The highest BCUT2D eigenvalue weighted by molar-refractivity contribution is 7.26. The number of rotatable bonds is 6. The van der Waals surface area contributed by atoms with Crippen molar-refractivity contribution in [2.24, 2.45) is 0 Å². The van der Waals surface area contributed by atoms with Crippen LogP contribution in [-0.4, -0.2) is 24.9 Å². The minimum absolute atomic E-state index is 0.590. The van der Waals surface area contributed by atoms with Crippen LogP contribution < -0.4 is 0 Å². The molecule has 0 atom stereocenters. The van der Waals surface area contributed by atoms with Crippen molar-refractivity contribution in [3.05, 3.63) is 176 Å². The summed E-state index contributed by atoms with van der Waals surface area (Å²) in [6.45, 7) is 0. The van der Waals surface area contributed by atoms with E-state index in [-0.39, 0.29) is 0 Å². The summed E-state index contributed by atoms with van der Waals surface area (Å²) in [4.78, 5) is 25.8. The zero-order valence-corrected chi connectivity index (χ0v) is 30.6. The molecule has 11 rings (SSSR count). The second-order valence-corrected chi connectivity index (χ2v) is 14.7. The topological polar surface area (TPSA) is 77.6 Å². The van der Waals surface area contributed by atoms with Crippen LogP contribution >= 0.6 is 11.3 Å². The van der Waals surface area contributed by atoms with Crippen molar-refractivity contribution in [1.82, 2.24) is 24.9 Å². The first-order chi connectivity index (χ1) is 27.7. The van der Waals surface area contributed by atoms with Crippen LogP contribution in [0.15, 0.2) is 180 Å². The minimum atomic E-state index is 0.590. The number of aromatic nitrogens is 5. The Hall–Kier alpha value is -7.35. The number of benzene rings is 7. The molecule has 0 aliphatic heterocycles. The van der Waals surface area contributed by atoms with E-state index >= 15 is 0 Å². The van der Waals surface area contributed by atoms with Gasteiger partial charge in [0.15, 0.2) is 23.3 Å². The largest absolute Gasteiger partial charge is 0.456 e. The maximum absolute atomic E-state index is 6.27. The van der Waals surface area contributed by atoms with Gasteiger partial charge in [-0.3, -0.25) is 0 Å². The second-order valence-electron chi connectivity index (χ2n) is 13.6. The average molecular weight is 736 g/mol. The summed E-state index contributed by atoms with van der Waals surface area (Å²) in [5.41, 5.74) is 9.16. The zero-order chi connectivity index (χ0) is 37.0. The van der Waals surface area contributed by atoms with Crippen LogP contribution in [0, 0.1) is 0 Å². The number of fused-ring (bicyclic) bond motifs is 6. The van der Waals surface area contributed by atoms with Gasteiger partial charge in [-0.15, -0.1) is 11.3 Å². The molecule has 0 aliphatic carbocycles. The van der Waals surface area contributed by atoms with Crippen LogP contribution in [0.1, 0.15) is 0 Å². The number of thiophene rings is 1. The van der Waals surface area contributed by atoms with Crippen molar-refractivity contribution in [3.63, 3.8) is 0 Å². The maximum Gasteiger partial charge on any atom is 0.165 e. The fourth-order valence-electron chi connectivity index (χ4n) is 7.59. The molecule has 6 nitrogen and oxygen atoms in total. The van der Waals surface area contributed by atoms with Crippen LogP contribution in [0.2, 0.25) is 0 Å². The molecule has 4 heterocycles. The third-order valence-corrected chi connectivity index (χ3v) is 11.4. The molecule has 0 fully saturated rings. The number of nitrogens with zero attached hydrogens (tertiary/aromatic N) is 5. The van der Waals surface area contributed by atoms with Gasteiger partial charge in [-0.1, -0.05) is 146 Å². The third-order valence-electron chi connectivity index (χ3n) is 10.2. The molecule has 0 unspecified atom stereocenters. The highest BCUT2D eigenvalue weighted by Crippen LogP contribution is 2.44. The quantitative estimate of drug-likeness (QED) is 0.169. The first kappa shape index (κ1) is 32.1. The second kappa shape index (κ2) is 13.2. The molecule has 0 saturated carbocycles. The summed E-state index contributed by atoms with van der Waals surface area (Å²) in [6.07, 6.45) is 0. The van der Waals surface area contributed by atoms with Crippen LogP contribution in [0.25, 0.3) is 110 Å². The third kappa shape index (κ3) is 5.44. The average Bonchev–Trinajstić information content (AvgIpc) is 3.86. The van der Waals surface area contributed by atoms with Gasteiger partial charge in [0.2, 0.25) is 0 Å². The van der Waals surface area contributed by atoms with Gasteiger partial charge in [-0.2, -0.15) is 0 Å². The molecule has 0 spiro atoms. The van der Waals surface area contributed by atoms with Crippen molar-refractivity contribution in [2.75, 3.05) is 0 Å². The lowest BCUT2D eigenvalue weighted by atomic mass is 10.0. The molecule has 7 heteroatoms. The monoisotopic (exact) mass is 735 g/mol. The van der Waals surface area contributed by atoms with E-state index in [1.54, 1.807) is 11.3 Å². The Morgan fingerprint density at radius 3 is 1.66 bits per heavy atom. The summed E-state index contributed by atoms with van der Waals surface area (Å²) in [6, 6.07) is 59.7. The van der Waals surface area contributed by atoms with Crippen LogP contribution in [-0.2, 0) is 0 Å². The predicted molar refractivity (Wildman–Crippen MR) is 228 cm³/mol. The Balaban J connectivity index is 1.13. The summed E-state index contributed by atoms with van der Waals surface area (Å²) in [5.74, 6) is 2.49. The Morgan fingerprint density at radius 2 is 0.893 bits per heavy atom. The lowest BCUT2D eigenvalue weighted by Crippen LogP contribution is -2.00. The number of hydrogen-bond donors (Lipinski definition) is 0. The standard InChI is InChI=1S/C49H29N5OS/c1-4-15-30(16-5-1)38-29-39(51-46(50-38)31-17-6-2-7-18-31)33-22-14-28-42-44(33)35-23-12-25-37(45(35)56-42)49-53-47(32-19-8-3-9-20-32)52-48(54-49)36-24-13-27-41-43(36)34-21-10-11-26-40(34)55-41/h1-29H. The zero-order valence-electron chi connectivity index (χ0n) is 29.8. The Bertz CT molecular complexity index is 3190. The summed E-state index contributed by atoms with van der Waals surface area (Å²) < 4.78 is 8.52. The van der Waals surface area contributed by atoms with E-state index in [2.05, 4.69) is 78.9 Å². The van der Waals surface area contributed by atoms with Gasteiger partial charge >= 0.3 is 0 Å². The van der Waals surface area contributed by atoms with Crippen LogP contribution in [0.5, 0.6) is 0 Å². The summed E-state index contributed by atoms with van der Waals surface area (Å²) in [7, 11) is 0. The van der Waals surface area contributed by atoms with E-state index in [0.29, 0.717) is 23.3 Å². The highest BCUT2D eigenvalue weighted by atomic mass is 32.1. The minimum Gasteiger partial charge on any atom is -0.456 e. The van der Waals surface area contributed by atoms with Gasteiger partial charge in [0, 0.05) is 64.3 Å². The van der Waals surface area contributed by atoms with E-state index in [1.807, 2.05) is 97.1 Å². The van der Waals surface area contributed by atoms with Gasteiger partial charge in [-0.05, 0) is 30.3 Å². The molecular formula is C49H29N5OS. The van der Waals surface area contributed by atoms with Crippen molar-refractivity contribution < 1.29 is 4.42 Å². The molecule has 7 aromatic carbocycles. The van der Waals surface area contributed by atoms with Crippen molar-refractivity contribution >= 4 is 53.4 Å². The molecule has 0 amide bonds. The molecule has 0 aliphatic rings. The Morgan fingerprint density at radius 1 is 0.357 bits per heavy atom. The van der Waals surface area contributed by atoms with Crippen molar-refractivity contribution in [2.45, 2.75) is 0 Å². The van der Waals surface area contributed by atoms with E-state index in [9.17, 15) is 0 Å². The van der Waals surface area contributed by atoms with Crippen LogP contribution in [0.3, 0.4) is 0 Å². The van der Waals surface area contributed by atoms with Crippen molar-refractivity contribution in [1.29, 1.82) is 0 Å². The van der Waals surface area contributed by atoms with E-state index in [1.165, 1.54) is 0 Å². The van der Waals surface area contributed by atoms with E-state index < -0.39 is 0 Å². The number of furan rings is 1. The number of hydrogen-bond acceptors (Lipinski definition) is 7. The van der Waals surface area contributed by atoms with Gasteiger partial charge < -0.3 is 4.42 Å². The van der Waals surface area contributed by atoms with E-state index in [4.69, 9.17) is 29.3 Å². The molecule has 262 valence electrons. The summed E-state index contributed by atoms with van der Waals surface area (Å²) >= 11 is 1.74. The number of para-hydroxylation sites is 1. The maximum atomic E-state index is 6.27. The van der Waals surface area contributed by atoms with Gasteiger partial charge in [-0.25, -0.2) is 24.9 Å². The Kier molecular flexibility index (Phi) is 7.57. The fraction of sp³-hybridized carbons (Fsp3) is 0. The molecule has 0 bridgehead atoms. The molecular weight excluding hydrogens is 707 g/mol. The molecule has 4 aromatic heterocycles. The van der Waals surface area contributed by atoms with E-state index in [0.717, 1.165) is 86.9 Å². The first-order valence-corrected chi connectivity index (χ1v) is 19.2. The molecule has 0 radical (unpaired) electrons. The molecule has 0 N–H and O–H groups in total.